The first kappa shape index (κ1) is 17.2. The lowest BCUT2D eigenvalue weighted by atomic mass is 9.96. The fourth-order valence-electron chi connectivity index (χ4n) is 2.93. The number of anilines is 1. The minimum atomic E-state index is 0.0773. The summed E-state index contributed by atoms with van der Waals surface area (Å²) in [5, 5.41) is 11.8. The van der Waals surface area contributed by atoms with Gasteiger partial charge in [0.2, 0.25) is 5.91 Å². The van der Waals surface area contributed by atoms with E-state index in [4.69, 9.17) is 5.26 Å². The summed E-state index contributed by atoms with van der Waals surface area (Å²) in [5.74, 6) is 1.52. The van der Waals surface area contributed by atoms with Gasteiger partial charge in [-0.1, -0.05) is 6.07 Å². The molecule has 1 amide bonds. The molecule has 0 unspecified atom stereocenters. The van der Waals surface area contributed by atoms with Gasteiger partial charge in [-0.15, -0.1) is 0 Å². The van der Waals surface area contributed by atoms with Crippen molar-refractivity contribution < 1.29 is 4.79 Å². The first-order chi connectivity index (χ1) is 11.0. The van der Waals surface area contributed by atoms with Crippen molar-refractivity contribution in [2.45, 2.75) is 19.8 Å². The summed E-state index contributed by atoms with van der Waals surface area (Å²) >= 11 is 0. The minimum Gasteiger partial charge on any atom is -0.359 e. The van der Waals surface area contributed by atoms with E-state index < -0.39 is 0 Å². The van der Waals surface area contributed by atoms with E-state index in [2.05, 4.69) is 26.2 Å². The Morgan fingerprint density at radius 2 is 2.17 bits per heavy atom. The summed E-state index contributed by atoms with van der Waals surface area (Å²) in [5.41, 5.74) is 1.40. The number of nitrogens with zero attached hydrogens (tertiary/aromatic N) is 4. The van der Waals surface area contributed by atoms with Crippen molar-refractivity contribution in [2.75, 3.05) is 45.2 Å². The Hall–Kier alpha value is -2.13. The van der Waals surface area contributed by atoms with Crippen LogP contribution in [0, 0.1) is 24.2 Å². The normalized spacial score (nSPS) is 15.9. The van der Waals surface area contributed by atoms with Crippen LogP contribution in [0.2, 0.25) is 0 Å². The van der Waals surface area contributed by atoms with Gasteiger partial charge in [-0.3, -0.25) is 9.69 Å². The number of carbonyl (C=O) groups is 1. The van der Waals surface area contributed by atoms with Crippen LogP contribution >= 0.6 is 0 Å². The highest BCUT2D eigenvalue weighted by atomic mass is 16.1. The van der Waals surface area contributed by atoms with E-state index in [0.29, 0.717) is 18.2 Å². The summed E-state index contributed by atoms with van der Waals surface area (Å²) in [4.78, 5) is 20.2. The molecule has 0 bridgehead atoms. The fraction of sp³-hybridized carbons (Fsp3) is 0.588. The minimum absolute atomic E-state index is 0.0773. The van der Waals surface area contributed by atoms with Gasteiger partial charge in [0.15, 0.2) is 0 Å². The largest absolute Gasteiger partial charge is 0.359 e. The Balaban J connectivity index is 1.86. The number of hydrogen-bond acceptors (Lipinski definition) is 5. The zero-order chi connectivity index (χ0) is 16.8. The van der Waals surface area contributed by atoms with Gasteiger partial charge >= 0.3 is 0 Å². The van der Waals surface area contributed by atoms with Crippen LogP contribution in [0.4, 0.5) is 5.82 Å². The Labute approximate surface area is 138 Å². The van der Waals surface area contributed by atoms with Crippen LogP contribution in [-0.4, -0.2) is 56.1 Å². The van der Waals surface area contributed by atoms with E-state index in [9.17, 15) is 4.79 Å². The van der Waals surface area contributed by atoms with Crippen LogP contribution in [-0.2, 0) is 4.79 Å². The number of pyridine rings is 1. The van der Waals surface area contributed by atoms with Crippen LogP contribution in [0.15, 0.2) is 12.1 Å². The SMILES string of the molecule is CNC(=O)CN1CCC(CN(C)c2ccc(C)c(C#N)n2)CC1. The molecule has 1 N–H and O–H groups in total. The molecule has 2 heterocycles. The molecule has 0 spiro atoms. The van der Waals surface area contributed by atoms with Gasteiger partial charge in [-0.2, -0.15) is 5.26 Å². The molecule has 0 atom stereocenters. The number of piperidine rings is 1. The number of nitrogens with one attached hydrogen (secondary N) is 1. The maximum absolute atomic E-state index is 11.4. The van der Waals surface area contributed by atoms with E-state index in [0.717, 1.165) is 43.9 Å². The van der Waals surface area contributed by atoms with Gasteiger partial charge in [0.1, 0.15) is 17.6 Å². The third-order valence-corrected chi connectivity index (χ3v) is 4.46. The maximum Gasteiger partial charge on any atom is 0.233 e. The lowest BCUT2D eigenvalue weighted by molar-refractivity contribution is -0.122. The van der Waals surface area contributed by atoms with E-state index in [1.807, 2.05) is 26.1 Å². The number of carbonyl (C=O) groups excluding carboxylic acids is 1. The molecule has 1 aliphatic rings. The molecule has 6 heteroatoms. The molecule has 124 valence electrons. The number of likely N-dealkylation sites (tertiary alicyclic amines) is 1. The standard InChI is InChI=1S/C17H25N5O/c1-13-4-5-16(20-15(13)10-18)21(3)11-14-6-8-22(9-7-14)12-17(23)19-2/h4-5,14H,6-9,11-12H2,1-3H3,(H,19,23). The molecule has 2 rings (SSSR count). The number of hydrogen-bond donors (Lipinski definition) is 1. The van der Waals surface area contributed by atoms with Crippen molar-refractivity contribution in [1.29, 1.82) is 5.26 Å². The number of likely N-dealkylation sites (N-methyl/N-ethyl adjacent to an activating group) is 1. The molecule has 6 nitrogen and oxygen atoms in total. The summed E-state index contributed by atoms with van der Waals surface area (Å²) in [6.07, 6.45) is 2.16. The molecule has 0 aromatic carbocycles. The van der Waals surface area contributed by atoms with Crippen LogP contribution in [0.25, 0.3) is 0 Å². The first-order valence-corrected chi connectivity index (χ1v) is 8.05. The van der Waals surface area contributed by atoms with Gasteiger partial charge in [0, 0.05) is 20.6 Å². The molecule has 23 heavy (non-hydrogen) atoms. The Kier molecular flexibility index (Phi) is 5.94. The quantitative estimate of drug-likeness (QED) is 0.882. The van der Waals surface area contributed by atoms with Crippen LogP contribution in [0.3, 0.4) is 0 Å². The Morgan fingerprint density at radius 3 is 2.78 bits per heavy atom. The molecule has 0 radical (unpaired) electrons. The molecular formula is C17H25N5O. The topological polar surface area (TPSA) is 72.3 Å². The number of nitriles is 1. The van der Waals surface area contributed by atoms with Gasteiger partial charge < -0.3 is 10.2 Å². The van der Waals surface area contributed by atoms with Crippen LogP contribution in [0.5, 0.6) is 0 Å². The number of aromatic nitrogens is 1. The second-order valence-electron chi connectivity index (χ2n) is 6.22. The fourth-order valence-corrected chi connectivity index (χ4v) is 2.93. The van der Waals surface area contributed by atoms with Gasteiger partial charge in [-0.25, -0.2) is 4.98 Å². The smallest absolute Gasteiger partial charge is 0.233 e. The molecular weight excluding hydrogens is 290 g/mol. The summed E-state index contributed by atoms with van der Waals surface area (Å²) in [6, 6.07) is 6.06. The molecule has 1 aliphatic heterocycles. The lowest BCUT2D eigenvalue weighted by Crippen LogP contribution is -2.42. The highest BCUT2D eigenvalue weighted by Gasteiger charge is 2.22. The second-order valence-corrected chi connectivity index (χ2v) is 6.22. The molecule has 1 fully saturated rings. The predicted molar refractivity (Wildman–Crippen MR) is 90.2 cm³/mol. The lowest BCUT2D eigenvalue weighted by Gasteiger charge is -2.33. The first-order valence-electron chi connectivity index (χ1n) is 8.05. The summed E-state index contributed by atoms with van der Waals surface area (Å²) in [7, 11) is 3.70. The third kappa shape index (κ3) is 4.67. The molecule has 1 aromatic heterocycles. The molecule has 1 saturated heterocycles. The number of amides is 1. The van der Waals surface area contributed by atoms with Crippen LogP contribution < -0.4 is 10.2 Å². The van der Waals surface area contributed by atoms with Crippen molar-refractivity contribution >= 4 is 11.7 Å². The summed E-state index contributed by atoms with van der Waals surface area (Å²) < 4.78 is 0. The van der Waals surface area contributed by atoms with E-state index in [1.54, 1.807) is 7.05 Å². The second kappa shape index (κ2) is 7.93. The zero-order valence-electron chi connectivity index (χ0n) is 14.2. The number of rotatable bonds is 5. The van der Waals surface area contributed by atoms with Crippen molar-refractivity contribution in [1.82, 2.24) is 15.2 Å². The summed E-state index contributed by atoms with van der Waals surface area (Å²) in [6.45, 7) is 5.23. The Bertz CT molecular complexity index is 587. The average molecular weight is 315 g/mol. The molecule has 1 aromatic rings. The van der Waals surface area contributed by atoms with Crippen LogP contribution in [0.1, 0.15) is 24.1 Å². The monoisotopic (exact) mass is 315 g/mol. The van der Waals surface area contributed by atoms with Crippen molar-refractivity contribution in [3.8, 4) is 6.07 Å². The van der Waals surface area contributed by atoms with E-state index in [1.165, 1.54) is 0 Å². The highest BCUT2D eigenvalue weighted by Crippen LogP contribution is 2.21. The van der Waals surface area contributed by atoms with Crippen molar-refractivity contribution in [3.63, 3.8) is 0 Å². The average Bonchev–Trinajstić information content (AvgIpc) is 2.56. The maximum atomic E-state index is 11.4. The third-order valence-electron chi connectivity index (χ3n) is 4.46. The van der Waals surface area contributed by atoms with Gasteiger partial charge in [-0.05, 0) is 50.4 Å². The van der Waals surface area contributed by atoms with Crippen molar-refractivity contribution in [2.24, 2.45) is 5.92 Å². The highest BCUT2D eigenvalue weighted by molar-refractivity contribution is 5.77. The molecule has 0 aliphatic carbocycles. The number of aryl methyl sites for hydroxylation is 1. The zero-order valence-corrected chi connectivity index (χ0v) is 14.2. The Morgan fingerprint density at radius 1 is 1.48 bits per heavy atom. The predicted octanol–water partition coefficient (Wildman–Crippen LogP) is 1.16. The van der Waals surface area contributed by atoms with Crippen molar-refractivity contribution in [3.05, 3.63) is 23.4 Å². The molecule has 0 saturated carbocycles. The van der Waals surface area contributed by atoms with E-state index in [-0.39, 0.29) is 5.91 Å². The van der Waals surface area contributed by atoms with E-state index >= 15 is 0 Å². The van der Waals surface area contributed by atoms with Gasteiger partial charge in [0.05, 0.1) is 6.54 Å². The van der Waals surface area contributed by atoms with Gasteiger partial charge in [0.25, 0.3) is 0 Å².